The van der Waals surface area contributed by atoms with E-state index in [0.29, 0.717) is 11.2 Å². The van der Waals surface area contributed by atoms with Crippen molar-refractivity contribution in [2.75, 3.05) is 37.6 Å². The number of piperazine rings is 1. The molecule has 1 saturated carbocycles. The number of rotatable bonds is 4. The molecule has 10 nitrogen and oxygen atoms in total. The summed E-state index contributed by atoms with van der Waals surface area (Å²) in [5.74, 6) is -1.74. The van der Waals surface area contributed by atoms with Crippen LogP contribution in [0, 0.1) is 5.82 Å². The molecule has 170 valence electrons. The highest BCUT2D eigenvalue weighted by molar-refractivity contribution is 7.45. The van der Waals surface area contributed by atoms with Gasteiger partial charge in [0.25, 0.3) is 0 Å². The Hall–Kier alpha value is -2.30. The number of fused-ring (bicyclic) bond motifs is 1. The Morgan fingerprint density at radius 1 is 1.16 bits per heavy atom. The van der Waals surface area contributed by atoms with E-state index < -0.39 is 25.0 Å². The second kappa shape index (κ2) is 9.05. The van der Waals surface area contributed by atoms with E-state index in [0.717, 1.165) is 45.6 Å². The van der Waals surface area contributed by atoms with Gasteiger partial charge in [0.05, 0.1) is 11.2 Å². The van der Waals surface area contributed by atoms with Gasteiger partial charge in [0.1, 0.15) is 11.4 Å². The lowest BCUT2D eigenvalue weighted by molar-refractivity contribution is 0.0694. The van der Waals surface area contributed by atoms with Crippen molar-refractivity contribution in [1.82, 2.24) is 9.47 Å². The second-order valence-electron chi connectivity index (χ2n) is 7.57. The Morgan fingerprint density at radius 3 is 2.23 bits per heavy atom. The van der Waals surface area contributed by atoms with Gasteiger partial charge in [0, 0.05) is 43.8 Å². The standard InChI is InChI=1S/C19H22FN3O3.H3O4P/c1-2-21-5-7-22(8-6-21)17-10-16-13(9-15(17)20)18(24)14(19(25)26)11-23(16)12-3-4-12;1-5(2,3)4/h9-12H,2-8H2,1H3,(H,25,26);(H3,1,2,3,4). The topological polar surface area (TPSA) is 144 Å². The summed E-state index contributed by atoms with van der Waals surface area (Å²) in [6.45, 7) is 6.31. The zero-order valence-corrected chi connectivity index (χ0v) is 17.8. The molecule has 12 heteroatoms. The first-order valence-electron chi connectivity index (χ1n) is 9.87. The summed E-state index contributed by atoms with van der Waals surface area (Å²) in [4.78, 5) is 49.8. The molecule has 4 rings (SSSR count). The minimum absolute atomic E-state index is 0.144. The van der Waals surface area contributed by atoms with Crippen molar-refractivity contribution in [2.24, 2.45) is 0 Å². The van der Waals surface area contributed by atoms with Crippen LogP contribution in [0.25, 0.3) is 10.9 Å². The number of hydrogen-bond acceptors (Lipinski definition) is 5. The van der Waals surface area contributed by atoms with Crippen molar-refractivity contribution >= 4 is 30.4 Å². The van der Waals surface area contributed by atoms with E-state index in [-0.39, 0.29) is 17.0 Å². The van der Waals surface area contributed by atoms with Gasteiger partial charge in [-0.3, -0.25) is 4.79 Å². The first kappa shape index (κ1) is 23.4. The quantitative estimate of drug-likeness (QED) is 0.501. The van der Waals surface area contributed by atoms with E-state index in [1.165, 1.54) is 12.3 Å². The van der Waals surface area contributed by atoms with E-state index >= 15 is 0 Å². The number of aromatic nitrogens is 1. The number of pyridine rings is 1. The van der Waals surface area contributed by atoms with Crippen LogP contribution in [0.5, 0.6) is 0 Å². The monoisotopic (exact) mass is 457 g/mol. The molecular formula is C19H25FN3O7P. The predicted molar refractivity (Wildman–Crippen MR) is 112 cm³/mol. The largest absolute Gasteiger partial charge is 0.477 e. The van der Waals surface area contributed by atoms with Crippen LogP contribution in [0.1, 0.15) is 36.2 Å². The van der Waals surface area contributed by atoms with Crippen molar-refractivity contribution in [2.45, 2.75) is 25.8 Å². The number of halogens is 1. The summed E-state index contributed by atoms with van der Waals surface area (Å²) in [6, 6.07) is 3.12. The van der Waals surface area contributed by atoms with E-state index in [1.807, 2.05) is 9.47 Å². The molecule has 0 spiro atoms. The Bertz CT molecular complexity index is 1080. The molecule has 4 N–H and O–H groups in total. The van der Waals surface area contributed by atoms with Gasteiger partial charge >= 0.3 is 13.8 Å². The van der Waals surface area contributed by atoms with Gasteiger partial charge in [-0.1, -0.05) is 6.92 Å². The van der Waals surface area contributed by atoms with Crippen LogP contribution >= 0.6 is 7.82 Å². The summed E-state index contributed by atoms with van der Waals surface area (Å²) in [5.41, 5.74) is 0.195. The molecule has 2 aromatic rings. The van der Waals surface area contributed by atoms with Crippen LogP contribution in [0.2, 0.25) is 0 Å². The third-order valence-electron chi connectivity index (χ3n) is 5.43. The fraction of sp³-hybridized carbons (Fsp3) is 0.474. The molecule has 31 heavy (non-hydrogen) atoms. The number of hydrogen-bond donors (Lipinski definition) is 4. The van der Waals surface area contributed by atoms with Crippen molar-refractivity contribution in [3.8, 4) is 0 Å². The van der Waals surface area contributed by atoms with Crippen LogP contribution in [0.15, 0.2) is 23.1 Å². The lowest BCUT2D eigenvalue weighted by Gasteiger charge is -2.35. The Kier molecular flexibility index (Phi) is 6.82. The predicted octanol–water partition coefficient (Wildman–Crippen LogP) is 1.39. The summed E-state index contributed by atoms with van der Waals surface area (Å²) in [7, 11) is -4.64. The number of aromatic carboxylic acids is 1. The number of anilines is 1. The zero-order chi connectivity index (χ0) is 22.9. The maximum absolute atomic E-state index is 14.8. The minimum Gasteiger partial charge on any atom is -0.477 e. The van der Waals surface area contributed by atoms with Crippen molar-refractivity contribution in [1.29, 1.82) is 0 Å². The molecule has 0 unspecified atom stereocenters. The summed E-state index contributed by atoms with van der Waals surface area (Å²) in [6.07, 6.45) is 3.30. The van der Waals surface area contributed by atoms with Crippen LogP contribution < -0.4 is 10.3 Å². The van der Waals surface area contributed by atoms with Crippen LogP contribution in [0.3, 0.4) is 0 Å². The fourth-order valence-electron chi connectivity index (χ4n) is 3.71. The van der Waals surface area contributed by atoms with Gasteiger partial charge < -0.3 is 34.2 Å². The molecule has 1 aromatic heterocycles. The molecule has 1 aliphatic heterocycles. The molecule has 0 radical (unpaired) electrons. The van der Waals surface area contributed by atoms with Crippen molar-refractivity contribution in [3.63, 3.8) is 0 Å². The molecule has 2 aliphatic rings. The summed E-state index contributed by atoms with van der Waals surface area (Å²) < 4.78 is 25.5. The molecule has 0 amide bonds. The number of benzene rings is 1. The van der Waals surface area contributed by atoms with E-state index in [2.05, 4.69) is 11.8 Å². The molecule has 1 saturated heterocycles. The molecule has 0 bridgehead atoms. The highest BCUT2D eigenvalue weighted by Crippen LogP contribution is 2.38. The SMILES string of the molecule is CCN1CCN(c2cc3c(cc2F)c(=O)c(C(=O)O)cn3C2CC2)CC1.O=P(O)(O)O. The first-order chi connectivity index (χ1) is 14.5. The van der Waals surface area contributed by atoms with Crippen LogP contribution in [0.4, 0.5) is 10.1 Å². The summed E-state index contributed by atoms with van der Waals surface area (Å²) >= 11 is 0. The number of phosphoric acid groups is 1. The first-order valence-corrected chi connectivity index (χ1v) is 11.4. The van der Waals surface area contributed by atoms with Crippen LogP contribution in [-0.2, 0) is 4.57 Å². The smallest absolute Gasteiger partial charge is 0.466 e. The maximum Gasteiger partial charge on any atom is 0.466 e. The Balaban J connectivity index is 0.000000491. The second-order valence-corrected chi connectivity index (χ2v) is 8.60. The van der Waals surface area contributed by atoms with Gasteiger partial charge in [-0.15, -0.1) is 0 Å². The molecular weight excluding hydrogens is 432 g/mol. The average molecular weight is 457 g/mol. The van der Waals surface area contributed by atoms with Crippen molar-refractivity contribution < 1.29 is 33.5 Å². The number of likely N-dealkylation sites (N-methyl/N-ethyl adjacent to an activating group) is 1. The van der Waals surface area contributed by atoms with Crippen LogP contribution in [-0.4, -0.2) is 67.9 Å². The number of carboxylic acid groups (broad SMARTS) is 1. The van der Waals surface area contributed by atoms with Gasteiger partial charge in [0.2, 0.25) is 5.43 Å². The van der Waals surface area contributed by atoms with Gasteiger partial charge in [-0.05, 0) is 31.5 Å². The van der Waals surface area contributed by atoms with E-state index in [9.17, 15) is 19.1 Å². The molecule has 2 heterocycles. The molecule has 1 aliphatic carbocycles. The molecule has 1 aromatic carbocycles. The highest BCUT2D eigenvalue weighted by Gasteiger charge is 2.28. The minimum atomic E-state index is -4.64. The third kappa shape index (κ3) is 5.69. The van der Waals surface area contributed by atoms with Gasteiger partial charge in [0.15, 0.2) is 0 Å². The number of carboxylic acids is 1. The normalized spacial score (nSPS) is 17.4. The average Bonchev–Trinajstić information content (AvgIpc) is 3.52. The number of carbonyl (C=O) groups is 1. The zero-order valence-electron chi connectivity index (χ0n) is 16.9. The molecule has 0 atom stereocenters. The summed E-state index contributed by atoms with van der Waals surface area (Å²) in [5, 5.41) is 9.45. The van der Waals surface area contributed by atoms with E-state index in [1.54, 1.807) is 6.07 Å². The lowest BCUT2D eigenvalue weighted by atomic mass is 10.1. The highest BCUT2D eigenvalue weighted by atomic mass is 31.2. The lowest BCUT2D eigenvalue weighted by Crippen LogP contribution is -2.46. The fourth-order valence-corrected chi connectivity index (χ4v) is 3.71. The van der Waals surface area contributed by atoms with Crippen molar-refractivity contribution in [3.05, 3.63) is 39.9 Å². The van der Waals surface area contributed by atoms with Gasteiger partial charge in [-0.2, -0.15) is 0 Å². The van der Waals surface area contributed by atoms with E-state index in [4.69, 9.17) is 19.2 Å². The Morgan fingerprint density at radius 2 is 1.74 bits per heavy atom. The number of nitrogens with zero attached hydrogens (tertiary/aromatic N) is 3. The third-order valence-corrected chi connectivity index (χ3v) is 5.43. The molecule has 2 fully saturated rings. The Labute approximate surface area is 177 Å². The van der Waals surface area contributed by atoms with Gasteiger partial charge in [-0.25, -0.2) is 13.8 Å². The maximum atomic E-state index is 14.8.